The predicted molar refractivity (Wildman–Crippen MR) is 89.0 cm³/mol. The molecule has 3 aromatic rings. The summed E-state index contributed by atoms with van der Waals surface area (Å²) in [7, 11) is 0. The lowest BCUT2D eigenvalue weighted by molar-refractivity contribution is 0.0747. The second kappa shape index (κ2) is 5.21. The zero-order valence-corrected chi connectivity index (χ0v) is 12.9. The highest BCUT2D eigenvalue weighted by Gasteiger charge is 2.26. The molecule has 114 valence electrons. The molecular weight excluding hydrogens is 312 g/mol. The number of carbonyl (C=O) groups excluding carboxylic acids is 1. The van der Waals surface area contributed by atoms with E-state index in [0.29, 0.717) is 34.7 Å². The molecule has 2 aromatic carbocycles. The number of amides is 1. The molecule has 0 radical (unpaired) electrons. The van der Waals surface area contributed by atoms with Gasteiger partial charge in [-0.15, -0.1) is 0 Å². The third-order valence-corrected chi connectivity index (χ3v) is 4.24. The molecule has 0 saturated carbocycles. The fourth-order valence-corrected chi connectivity index (χ4v) is 3.08. The van der Waals surface area contributed by atoms with Crippen molar-refractivity contribution in [3.8, 4) is 0 Å². The number of fused-ring (bicyclic) bond motifs is 2. The smallest absolute Gasteiger partial charge is 0.273 e. The zero-order chi connectivity index (χ0) is 16.0. The van der Waals surface area contributed by atoms with Gasteiger partial charge < -0.3 is 10.6 Å². The van der Waals surface area contributed by atoms with Gasteiger partial charge in [0, 0.05) is 23.5 Å². The van der Waals surface area contributed by atoms with Crippen molar-refractivity contribution in [1.82, 2.24) is 14.9 Å². The minimum atomic E-state index is -0.164. The molecule has 0 saturated heterocycles. The van der Waals surface area contributed by atoms with Gasteiger partial charge >= 0.3 is 0 Å². The average Bonchev–Trinajstić information content (AvgIpc) is 2.98. The maximum Gasteiger partial charge on any atom is 0.273 e. The quantitative estimate of drug-likeness (QED) is 0.747. The molecule has 1 amide bonds. The Bertz CT molecular complexity index is 916. The number of rotatable bonds is 1. The van der Waals surface area contributed by atoms with E-state index in [9.17, 15) is 4.79 Å². The van der Waals surface area contributed by atoms with Crippen LogP contribution in [0.15, 0.2) is 42.5 Å². The summed E-state index contributed by atoms with van der Waals surface area (Å²) in [6, 6.07) is 13.2. The van der Waals surface area contributed by atoms with E-state index in [0.717, 1.165) is 11.1 Å². The van der Waals surface area contributed by atoms with Gasteiger partial charge in [-0.1, -0.05) is 35.9 Å². The number of halogens is 1. The van der Waals surface area contributed by atoms with Crippen molar-refractivity contribution in [3.63, 3.8) is 0 Å². The van der Waals surface area contributed by atoms with E-state index >= 15 is 0 Å². The highest BCUT2D eigenvalue weighted by molar-refractivity contribution is 6.31. The summed E-state index contributed by atoms with van der Waals surface area (Å²) in [6.45, 7) is 1.14. The summed E-state index contributed by atoms with van der Waals surface area (Å²) in [6.07, 6.45) is 0. The largest absolute Gasteiger partial charge is 0.368 e. The molecule has 6 heteroatoms. The van der Waals surface area contributed by atoms with Crippen LogP contribution in [0.2, 0.25) is 5.02 Å². The first-order valence-corrected chi connectivity index (χ1v) is 7.58. The normalized spacial score (nSPS) is 13.3. The van der Waals surface area contributed by atoms with E-state index in [4.69, 9.17) is 17.3 Å². The summed E-state index contributed by atoms with van der Waals surface area (Å²) >= 11 is 6.06. The van der Waals surface area contributed by atoms with Gasteiger partial charge in [0.1, 0.15) is 5.69 Å². The van der Waals surface area contributed by atoms with Crippen LogP contribution in [-0.4, -0.2) is 20.8 Å². The predicted octanol–water partition coefficient (Wildman–Crippen LogP) is 3.02. The van der Waals surface area contributed by atoms with Gasteiger partial charge in [-0.3, -0.25) is 4.79 Å². The molecule has 5 nitrogen and oxygen atoms in total. The maximum atomic E-state index is 12.9. The number of hydrogen-bond acceptors (Lipinski definition) is 4. The van der Waals surface area contributed by atoms with Crippen LogP contribution in [-0.2, 0) is 13.1 Å². The minimum Gasteiger partial charge on any atom is -0.368 e. The number of nitrogens with zero attached hydrogens (tertiary/aromatic N) is 3. The van der Waals surface area contributed by atoms with E-state index in [-0.39, 0.29) is 11.9 Å². The molecule has 0 spiro atoms. The molecule has 1 aliphatic heterocycles. The van der Waals surface area contributed by atoms with Gasteiger partial charge in [0.25, 0.3) is 5.91 Å². The minimum absolute atomic E-state index is 0.0832. The summed E-state index contributed by atoms with van der Waals surface area (Å²) in [5.74, 6) is -0.0811. The van der Waals surface area contributed by atoms with Crippen LogP contribution in [0.5, 0.6) is 0 Å². The Kier molecular flexibility index (Phi) is 3.16. The summed E-state index contributed by atoms with van der Waals surface area (Å²) in [4.78, 5) is 23.0. The first-order valence-electron chi connectivity index (χ1n) is 7.20. The van der Waals surface area contributed by atoms with E-state index < -0.39 is 0 Å². The second-order valence-electron chi connectivity index (χ2n) is 5.52. The van der Waals surface area contributed by atoms with Gasteiger partial charge in [0.05, 0.1) is 5.52 Å². The first kappa shape index (κ1) is 14.0. The fraction of sp³-hybridized carbons (Fsp3) is 0.118. The van der Waals surface area contributed by atoms with Crippen molar-refractivity contribution in [2.45, 2.75) is 13.1 Å². The van der Waals surface area contributed by atoms with Crippen LogP contribution < -0.4 is 5.73 Å². The van der Waals surface area contributed by atoms with Gasteiger partial charge in [-0.05, 0) is 29.3 Å². The van der Waals surface area contributed by atoms with E-state index in [2.05, 4.69) is 9.97 Å². The van der Waals surface area contributed by atoms with Crippen LogP contribution in [0.25, 0.3) is 10.9 Å². The maximum absolute atomic E-state index is 12.9. The number of anilines is 1. The number of aromatic nitrogens is 2. The lowest BCUT2D eigenvalue weighted by Crippen LogP contribution is -2.27. The first-order chi connectivity index (χ1) is 11.1. The zero-order valence-electron chi connectivity index (χ0n) is 12.2. The van der Waals surface area contributed by atoms with Crippen molar-refractivity contribution in [2.75, 3.05) is 5.73 Å². The van der Waals surface area contributed by atoms with Crippen LogP contribution in [0.4, 0.5) is 5.95 Å². The average molecular weight is 325 g/mol. The van der Waals surface area contributed by atoms with Gasteiger partial charge in [-0.25, -0.2) is 9.97 Å². The number of nitrogen functional groups attached to an aromatic ring is 1. The topological polar surface area (TPSA) is 72.1 Å². The Balaban J connectivity index is 1.78. The molecule has 23 heavy (non-hydrogen) atoms. The van der Waals surface area contributed by atoms with E-state index in [1.54, 1.807) is 23.1 Å². The molecular formula is C17H13ClN4O. The molecule has 0 aliphatic carbocycles. The Labute approximate surface area is 137 Å². The van der Waals surface area contributed by atoms with Crippen LogP contribution in [0.1, 0.15) is 21.6 Å². The number of hydrogen-bond donors (Lipinski definition) is 1. The third kappa shape index (κ3) is 2.39. The van der Waals surface area contributed by atoms with Crippen molar-refractivity contribution in [3.05, 3.63) is 64.3 Å². The van der Waals surface area contributed by atoms with Crippen LogP contribution in [0.3, 0.4) is 0 Å². The van der Waals surface area contributed by atoms with Gasteiger partial charge in [0.2, 0.25) is 5.95 Å². The number of benzene rings is 2. The summed E-state index contributed by atoms with van der Waals surface area (Å²) in [5.41, 5.74) is 8.98. The molecule has 1 aromatic heterocycles. The third-order valence-electron chi connectivity index (χ3n) is 4.01. The lowest BCUT2D eigenvalue weighted by Gasteiger charge is -2.16. The van der Waals surface area contributed by atoms with E-state index in [1.807, 2.05) is 24.3 Å². The van der Waals surface area contributed by atoms with Crippen LogP contribution >= 0.6 is 11.6 Å². The molecule has 2 heterocycles. The van der Waals surface area contributed by atoms with Crippen molar-refractivity contribution < 1.29 is 4.79 Å². The Morgan fingerprint density at radius 3 is 2.48 bits per heavy atom. The van der Waals surface area contributed by atoms with Crippen molar-refractivity contribution >= 4 is 34.4 Å². The van der Waals surface area contributed by atoms with Crippen molar-refractivity contribution in [2.24, 2.45) is 0 Å². The standard InChI is InChI=1S/C17H13ClN4O/c18-12-5-6-14-13(7-12)15(21-17(19)20-14)16(23)22-8-10-3-1-2-4-11(10)9-22/h1-7H,8-9H2,(H2,19,20,21). The Hall–Kier alpha value is -2.66. The molecule has 0 atom stereocenters. The molecule has 0 unspecified atom stereocenters. The summed E-state index contributed by atoms with van der Waals surface area (Å²) < 4.78 is 0. The Morgan fingerprint density at radius 1 is 1.09 bits per heavy atom. The molecule has 4 rings (SSSR count). The SMILES string of the molecule is Nc1nc(C(=O)N2Cc3ccccc3C2)c2cc(Cl)ccc2n1. The van der Waals surface area contributed by atoms with Gasteiger partial charge in [-0.2, -0.15) is 0 Å². The fourth-order valence-electron chi connectivity index (χ4n) is 2.91. The van der Waals surface area contributed by atoms with Gasteiger partial charge in [0.15, 0.2) is 0 Å². The van der Waals surface area contributed by atoms with Crippen LogP contribution in [0, 0.1) is 0 Å². The highest BCUT2D eigenvalue weighted by Crippen LogP contribution is 2.27. The lowest BCUT2D eigenvalue weighted by atomic mass is 10.1. The monoisotopic (exact) mass is 324 g/mol. The number of carbonyl (C=O) groups is 1. The highest BCUT2D eigenvalue weighted by atomic mass is 35.5. The molecule has 0 fully saturated rings. The van der Waals surface area contributed by atoms with Crippen molar-refractivity contribution in [1.29, 1.82) is 0 Å². The Morgan fingerprint density at radius 2 is 1.78 bits per heavy atom. The van der Waals surface area contributed by atoms with E-state index in [1.165, 1.54) is 0 Å². The molecule has 1 aliphatic rings. The molecule has 0 bridgehead atoms. The molecule has 2 N–H and O–H groups in total. The second-order valence-corrected chi connectivity index (χ2v) is 5.96. The number of nitrogens with two attached hydrogens (primary N) is 1. The summed E-state index contributed by atoms with van der Waals surface area (Å²) in [5, 5.41) is 1.15.